The van der Waals surface area contributed by atoms with E-state index in [1.54, 1.807) is 0 Å². The van der Waals surface area contributed by atoms with Crippen molar-refractivity contribution in [2.75, 3.05) is 5.32 Å². The van der Waals surface area contributed by atoms with E-state index < -0.39 is 0 Å². The van der Waals surface area contributed by atoms with Gasteiger partial charge in [-0.2, -0.15) is 0 Å². The summed E-state index contributed by atoms with van der Waals surface area (Å²) in [5.74, 6) is 0. The topological polar surface area (TPSA) is 12.0 Å². The largest absolute Gasteiger partial charge is 0.359 e. The lowest BCUT2D eigenvalue weighted by Crippen LogP contribution is -1.86. The van der Waals surface area contributed by atoms with Gasteiger partial charge in [0.15, 0.2) is 0 Å². The Kier molecular flexibility index (Phi) is 2.92. The van der Waals surface area contributed by atoms with E-state index in [0.717, 1.165) is 12.1 Å². The van der Waals surface area contributed by atoms with E-state index in [-0.39, 0.29) is 0 Å². The van der Waals surface area contributed by atoms with Crippen LogP contribution in [0.2, 0.25) is 0 Å². The molecule has 0 radical (unpaired) electrons. The van der Waals surface area contributed by atoms with Crippen LogP contribution >= 0.6 is 0 Å². The zero-order valence-electron chi connectivity index (χ0n) is 7.72. The SMILES string of the molecule is C=C1Cc2ccccc2N1.CC. The number of rotatable bonds is 0. The maximum atomic E-state index is 3.86. The molecular formula is C11H15N. The highest BCUT2D eigenvalue weighted by Crippen LogP contribution is 2.25. The van der Waals surface area contributed by atoms with E-state index in [0.29, 0.717) is 0 Å². The van der Waals surface area contributed by atoms with Crippen molar-refractivity contribution < 1.29 is 0 Å². The molecule has 1 N–H and O–H groups in total. The molecule has 12 heavy (non-hydrogen) atoms. The zero-order valence-corrected chi connectivity index (χ0v) is 7.72. The Morgan fingerprint density at radius 1 is 1.25 bits per heavy atom. The van der Waals surface area contributed by atoms with Crippen LogP contribution < -0.4 is 5.32 Å². The predicted molar refractivity (Wildman–Crippen MR) is 54.3 cm³/mol. The van der Waals surface area contributed by atoms with Gasteiger partial charge >= 0.3 is 0 Å². The lowest BCUT2D eigenvalue weighted by molar-refractivity contribution is 1.26. The van der Waals surface area contributed by atoms with Gasteiger partial charge in [0.1, 0.15) is 0 Å². The molecule has 0 aliphatic carbocycles. The molecule has 0 atom stereocenters. The van der Waals surface area contributed by atoms with Gasteiger partial charge in [-0.3, -0.25) is 0 Å². The number of fused-ring (bicyclic) bond motifs is 1. The van der Waals surface area contributed by atoms with Gasteiger partial charge in [-0.05, 0) is 11.6 Å². The standard InChI is InChI=1S/C9H9N.C2H6/c1-7-6-8-4-2-3-5-9(8)10-7;1-2/h2-5,10H,1,6H2;1-2H3. The molecule has 2 rings (SSSR count). The molecule has 64 valence electrons. The van der Waals surface area contributed by atoms with E-state index in [1.807, 2.05) is 19.9 Å². The second kappa shape index (κ2) is 3.96. The second-order valence-corrected chi connectivity index (χ2v) is 2.56. The number of benzene rings is 1. The first-order chi connectivity index (χ1) is 5.86. The molecule has 1 nitrogen and oxygen atoms in total. The minimum absolute atomic E-state index is 0.982. The molecule has 0 bridgehead atoms. The van der Waals surface area contributed by atoms with Gasteiger partial charge < -0.3 is 5.32 Å². The Morgan fingerprint density at radius 3 is 2.58 bits per heavy atom. The first-order valence-electron chi connectivity index (χ1n) is 4.39. The van der Waals surface area contributed by atoms with Crippen molar-refractivity contribution >= 4 is 5.69 Å². The highest BCUT2D eigenvalue weighted by atomic mass is 14.9. The van der Waals surface area contributed by atoms with E-state index >= 15 is 0 Å². The Balaban J connectivity index is 0.000000336. The second-order valence-electron chi connectivity index (χ2n) is 2.56. The predicted octanol–water partition coefficient (Wildman–Crippen LogP) is 3.19. The van der Waals surface area contributed by atoms with Crippen molar-refractivity contribution in [1.82, 2.24) is 0 Å². The molecule has 1 aliphatic heterocycles. The fourth-order valence-electron chi connectivity index (χ4n) is 1.26. The first-order valence-corrected chi connectivity index (χ1v) is 4.39. The molecule has 1 aliphatic rings. The van der Waals surface area contributed by atoms with E-state index in [4.69, 9.17) is 0 Å². The number of anilines is 1. The highest BCUT2D eigenvalue weighted by molar-refractivity contribution is 5.61. The fourth-order valence-corrected chi connectivity index (χ4v) is 1.26. The van der Waals surface area contributed by atoms with Gasteiger partial charge in [0, 0.05) is 17.8 Å². The van der Waals surface area contributed by atoms with E-state index in [9.17, 15) is 0 Å². The van der Waals surface area contributed by atoms with Crippen LogP contribution in [0.3, 0.4) is 0 Å². The highest BCUT2D eigenvalue weighted by Gasteiger charge is 2.10. The van der Waals surface area contributed by atoms with Gasteiger partial charge in [-0.1, -0.05) is 38.6 Å². The molecule has 0 saturated heterocycles. The summed E-state index contributed by atoms with van der Waals surface area (Å²) < 4.78 is 0. The van der Waals surface area contributed by atoms with E-state index in [1.165, 1.54) is 11.3 Å². The van der Waals surface area contributed by atoms with E-state index in [2.05, 4.69) is 30.1 Å². The molecule has 0 spiro atoms. The molecule has 0 aromatic heterocycles. The van der Waals surface area contributed by atoms with Crippen LogP contribution in [-0.4, -0.2) is 0 Å². The van der Waals surface area contributed by atoms with Crippen molar-refractivity contribution in [1.29, 1.82) is 0 Å². The van der Waals surface area contributed by atoms with Gasteiger partial charge in [0.05, 0.1) is 0 Å². The maximum Gasteiger partial charge on any atom is 0.0418 e. The van der Waals surface area contributed by atoms with Crippen LogP contribution in [0.1, 0.15) is 19.4 Å². The summed E-state index contributed by atoms with van der Waals surface area (Å²) in [5.41, 5.74) is 3.67. The van der Waals surface area contributed by atoms with Crippen molar-refractivity contribution in [3.05, 3.63) is 42.1 Å². The summed E-state index contributed by atoms with van der Waals surface area (Å²) in [6.45, 7) is 7.86. The third-order valence-electron chi connectivity index (χ3n) is 1.73. The van der Waals surface area contributed by atoms with Crippen LogP contribution in [0.5, 0.6) is 0 Å². The van der Waals surface area contributed by atoms with Gasteiger partial charge in [-0.25, -0.2) is 0 Å². The number of hydrogen-bond acceptors (Lipinski definition) is 1. The molecule has 1 heteroatoms. The zero-order chi connectivity index (χ0) is 8.97. The molecule has 0 fully saturated rings. The Labute approximate surface area is 74.1 Å². The first kappa shape index (κ1) is 8.85. The number of hydrogen-bond donors (Lipinski definition) is 1. The normalized spacial score (nSPS) is 12.7. The molecular weight excluding hydrogens is 146 g/mol. The molecule has 1 heterocycles. The summed E-state index contributed by atoms with van der Waals surface area (Å²) in [4.78, 5) is 0. The van der Waals surface area contributed by atoms with Crippen LogP contribution in [0, 0.1) is 0 Å². The number of para-hydroxylation sites is 1. The summed E-state index contributed by atoms with van der Waals surface area (Å²) >= 11 is 0. The average molecular weight is 161 g/mol. The summed E-state index contributed by atoms with van der Waals surface area (Å²) in [6, 6.07) is 8.29. The lowest BCUT2D eigenvalue weighted by Gasteiger charge is -1.95. The summed E-state index contributed by atoms with van der Waals surface area (Å²) in [5, 5.41) is 3.20. The minimum atomic E-state index is 0.982. The monoisotopic (exact) mass is 161 g/mol. The quantitative estimate of drug-likeness (QED) is 0.616. The molecule has 0 amide bonds. The molecule has 1 aromatic rings. The molecule has 0 unspecified atom stereocenters. The van der Waals surface area contributed by atoms with Crippen LogP contribution in [0.15, 0.2) is 36.5 Å². The van der Waals surface area contributed by atoms with Crippen LogP contribution in [0.25, 0.3) is 0 Å². The Morgan fingerprint density at radius 2 is 1.92 bits per heavy atom. The van der Waals surface area contributed by atoms with Gasteiger partial charge in [-0.15, -0.1) is 0 Å². The number of allylic oxidation sites excluding steroid dienone is 1. The van der Waals surface area contributed by atoms with Gasteiger partial charge in [0.2, 0.25) is 0 Å². The van der Waals surface area contributed by atoms with Crippen LogP contribution in [0.4, 0.5) is 5.69 Å². The maximum absolute atomic E-state index is 3.86. The smallest absolute Gasteiger partial charge is 0.0418 e. The summed E-state index contributed by atoms with van der Waals surface area (Å²) in [7, 11) is 0. The lowest BCUT2D eigenvalue weighted by atomic mass is 10.2. The summed E-state index contributed by atoms with van der Waals surface area (Å²) in [6.07, 6.45) is 0.982. The third kappa shape index (κ3) is 1.67. The molecule has 1 aromatic carbocycles. The van der Waals surface area contributed by atoms with Crippen molar-refractivity contribution in [2.45, 2.75) is 20.3 Å². The minimum Gasteiger partial charge on any atom is -0.359 e. The Hall–Kier alpha value is -1.24. The number of nitrogens with one attached hydrogen (secondary N) is 1. The van der Waals surface area contributed by atoms with Crippen molar-refractivity contribution in [3.8, 4) is 0 Å². The van der Waals surface area contributed by atoms with Crippen LogP contribution in [-0.2, 0) is 6.42 Å². The molecule has 0 saturated carbocycles. The van der Waals surface area contributed by atoms with Gasteiger partial charge in [0.25, 0.3) is 0 Å². The third-order valence-corrected chi connectivity index (χ3v) is 1.73. The average Bonchev–Trinajstić information content (AvgIpc) is 2.48. The van der Waals surface area contributed by atoms with Crippen molar-refractivity contribution in [2.24, 2.45) is 0 Å². The fraction of sp³-hybridized carbons (Fsp3) is 0.273. The Bertz CT molecular complexity index is 249. The van der Waals surface area contributed by atoms with Crippen molar-refractivity contribution in [3.63, 3.8) is 0 Å².